The quantitative estimate of drug-likeness (QED) is 0.370. The fourth-order valence-corrected chi connectivity index (χ4v) is 4.56. The third-order valence-electron chi connectivity index (χ3n) is 6.47. The molecule has 0 unspecified atom stereocenters. The molecule has 1 aliphatic heterocycles. The smallest absolute Gasteiger partial charge is 0.339 e. The van der Waals surface area contributed by atoms with Gasteiger partial charge >= 0.3 is 5.97 Å². The zero-order chi connectivity index (χ0) is 25.6. The Hall–Kier alpha value is -4.07. The van der Waals surface area contributed by atoms with Gasteiger partial charge in [-0.1, -0.05) is 60.7 Å². The third kappa shape index (κ3) is 5.85. The number of benzene rings is 3. The van der Waals surface area contributed by atoms with E-state index in [0.29, 0.717) is 33.4 Å². The van der Waals surface area contributed by atoms with E-state index >= 15 is 0 Å². The molecule has 3 aromatic carbocycles. The van der Waals surface area contributed by atoms with E-state index < -0.39 is 11.9 Å². The molecule has 0 radical (unpaired) electrons. The van der Waals surface area contributed by atoms with E-state index in [0.717, 1.165) is 38.4 Å². The topological polar surface area (TPSA) is 80.8 Å². The lowest BCUT2D eigenvalue weighted by Crippen LogP contribution is -2.35. The molecule has 1 saturated heterocycles. The number of morpholine rings is 1. The highest BCUT2D eigenvalue weighted by molar-refractivity contribution is 6.07. The van der Waals surface area contributed by atoms with Crippen LogP contribution in [0.4, 0.5) is 5.69 Å². The Morgan fingerprint density at radius 2 is 1.65 bits per heavy atom. The Kier molecular flexibility index (Phi) is 7.54. The van der Waals surface area contributed by atoms with Gasteiger partial charge in [0.1, 0.15) is 0 Å². The Morgan fingerprint density at radius 3 is 2.41 bits per heavy atom. The van der Waals surface area contributed by atoms with Crippen LogP contribution in [0.5, 0.6) is 0 Å². The van der Waals surface area contributed by atoms with E-state index in [9.17, 15) is 9.59 Å². The maximum absolute atomic E-state index is 13.2. The van der Waals surface area contributed by atoms with Gasteiger partial charge < -0.3 is 14.8 Å². The van der Waals surface area contributed by atoms with Gasteiger partial charge in [-0.05, 0) is 36.2 Å². The summed E-state index contributed by atoms with van der Waals surface area (Å²) in [4.78, 5) is 32.9. The minimum atomic E-state index is -0.552. The standard InChI is InChI=1S/C30H29N3O4/c1-21-28(25-9-5-6-10-26(25)32-29(21)23-7-3-2-4-8-23)30(35)37-20-27(34)31-24-13-11-22(12-14-24)19-33-15-17-36-18-16-33/h2-14H,15-20H2,1H3,(H,31,34). The number of ether oxygens (including phenoxy) is 2. The minimum absolute atomic E-state index is 0.384. The van der Waals surface area contributed by atoms with Gasteiger partial charge in [0.05, 0.1) is 30.0 Å². The number of amides is 1. The molecule has 1 aromatic heterocycles. The highest BCUT2D eigenvalue weighted by atomic mass is 16.5. The first-order valence-corrected chi connectivity index (χ1v) is 12.4. The Morgan fingerprint density at radius 1 is 0.946 bits per heavy atom. The second-order valence-electron chi connectivity index (χ2n) is 9.05. The van der Waals surface area contributed by atoms with Crippen LogP contribution in [0.1, 0.15) is 21.5 Å². The summed E-state index contributed by atoms with van der Waals surface area (Å²) in [7, 11) is 0. The van der Waals surface area contributed by atoms with Crippen LogP contribution in [0.2, 0.25) is 0 Å². The Balaban J connectivity index is 1.26. The molecule has 1 fully saturated rings. The number of para-hydroxylation sites is 1. The highest BCUT2D eigenvalue weighted by Gasteiger charge is 2.21. The summed E-state index contributed by atoms with van der Waals surface area (Å²) >= 11 is 0. The molecule has 1 N–H and O–H groups in total. The number of esters is 1. The number of rotatable bonds is 7. The van der Waals surface area contributed by atoms with Gasteiger partial charge in [-0.2, -0.15) is 0 Å². The lowest BCUT2D eigenvalue weighted by Gasteiger charge is -2.26. The average molecular weight is 496 g/mol. The maximum Gasteiger partial charge on any atom is 0.339 e. The molecule has 4 aromatic rings. The van der Waals surface area contributed by atoms with E-state index in [-0.39, 0.29) is 6.61 Å². The number of fused-ring (bicyclic) bond motifs is 1. The van der Waals surface area contributed by atoms with Crippen LogP contribution in [-0.2, 0) is 20.8 Å². The van der Waals surface area contributed by atoms with Gasteiger partial charge in [-0.25, -0.2) is 9.78 Å². The molecule has 0 saturated carbocycles. The fraction of sp³-hybridized carbons (Fsp3) is 0.233. The van der Waals surface area contributed by atoms with Crippen molar-refractivity contribution in [1.29, 1.82) is 0 Å². The number of carbonyl (C=O) groups is 2. The summed E-state index contributed by atoms with van der Waals surface area (Å²) in [6.07, 6.45) is 0. The summed E-state index contributed by atoms with van der Waals surface area (Å²) < 4.78 is 10.9. The van der Waals surface area contributed by atoms with Gasteiger partial charge in [0.15, 0.2) is 6.61 Å². The van der Waals surface area contributed by atoms with Crippen molar-refractivity contribution < 1.29 is 19.1 Å². The first kappa shape index (κ1) is 24.6. The molecule has 0 aliphatic carbocycles. The fourth-order valence-electron chi connectivity index (χ4n) is 4.56. The summed E-state index contributed by atoms with van der Waals surface area (Å²) in [5, 5.41) is 3.50. The van der Waals surface area contributed by atoms with Crippen molar-refractivity contribution in [3.05, 3.63) is 95.6 Å². The second kappa shape index (κ2) is 11.3. The number of anilines is 1. The molecule has 5 rings (SSSR count). The summed E-state index contributed by atoms with van der Waals surface area (Å²) in [5.74, 6) is -0.946. The number of aromatic nitrogens is 1. The lowest BCUT2D eigenvalue weighted by molar-refractivity contribution is -0.119. The molecule has 188 valence electrons. The maximum atomic E-state index is 13.2. The summed E-state index contributed by atoms with van der Waals surface area (Å²) in [6, 6.07) is 24.9. The lowest BCUT2D eigenvalue weighted by atomic mass is 9.98. The molecule has 0 bridgehead atoms. The van der Waals surface area contributed by atoms with Crippen molar-refractivity contribution in [2.24, 2.45) is 0 Å². The third-order valence-corrected chi connectivity index (χ3v) is 6.47. The molecule has 7 heteroatoms. The van der Waals surface area contributed by atoms with Crippen LogP contribution in [0.15, 0.2) is 78.9 Å². The van der Waals surface area contributed by atoms with E-state index in [1.807, 2.05) is 85.8 Å². The molecule has 0 atom stereocenters. The van der Waals surface area contributed by atoms with Crippen molar-refractivity contribution in [2.75, 3.05) is 38.2 Å². The Labute approximate surface area is 216 Å². The number of hydrogen-bond donors (Lipinski definition) is 1. The summed E-state index contributed by atoms with van der Waals surface area (Å²) in [5.41, 5.74) is 5.28. The molecular formula is C30H29N3O4. The van der Waals surface area contributed by atoms with E-state index in [2.05, 4.69) is 10.2 Å². The van der Waals surface area contributed by atoms with Crippen molar-refractivity contribution in [2.45, 2.75) is 13.5 Å². The van der Waals surface area contributed by atoms with Crippen LogP contribution < -0.4 is 5.32 Å². The van der Waals surface area contributed by atoms with Crippen LogP contribution in [0.3, 0.4) is 0 Å². The molecule has 7 nitrogen and oxygen atoms in total. The van der Waals surface area contributed by atoms with Gasteiger partial charge in [-0.3, -0.25) is 9.69 Å². The molecule has 37 heavy (non-hydrogen) atoms. The SMILES string of the molecule is Cc1c(-c2ccccc2)nc2ccccc2c1C(=O)OCC(=O)Nc1ccc(CN2CCOCC2)cc1. The number of hydrogen-bond acceptors (Lipinski definition) is 6. The Bertz CT molecular complexity index is 1400. The number of pyridine rings is 1. The van der Waals surface area contributed by atoms with Gasteiger partial charge in [-0.15, -0.1) is 0 Å². The van der Waals surface area contributed by atoms with Crippen molar-refractivity contribution in [3.63, 3.8) is 0 Å². The van der Waals surface area contributed by atoms with Gasteiger partial charge in [0.25, 0.3) is 5.91 Å². The highest BCUT2D eigenvalue weighted by Crippen LogP contribution is 2.30. The largest absolute Gasteiger partial charge is 0.452 e. The van der Waals surface area contributed by atoms with Crippen LogP contribution in [0, 0.1) is 6.92 Å². The van der Waals surface area contributed by atoms with Gasteiger partial charge in [0, 0.05) is 36.3 Å². The second-order valence-corrected chi connectivity index (χ2v) is 9.05. The van der Waals surface area contributed by atoms with Crippen LogP contribution in [0.25, 0.3) is 22.2 Å². The predicted octanol–water partition coefficient (Wildman–Crippen LogP) is 4.84. The first-order valence-electron chi connectivity index (χ1n) is 12.4. The first-order chi connectivity index (χ1) is 18.1. The van der Waals surface area contributed by atoms with Gasteiger partial charge in [0.2, 0.25) is 0 Å². The van der Waals surface area contributed by atoms with E-state index in [4.69, 9.17) is 14.5 Å². The van der Waals surface area contributed by atoms with Crippen molar-refractivity contribution in [1.82, 2.24) is 9.88 Å². The normalized spacial score (nSPS) is 13.9. The molecule has 2 heterocycles. The average Bonchev–Trinajstić information content (AvgIpc) is 2.93. The molecule has 1 aliphatic rings. The molecule has 0 spiro atoms. The zero-order valence-corrected chi connectivity index (χ0v) is 20.8. The monoisotopic (exact) mass is 495 g/mol. The zero-order valence-electron chi connectivity index (χ0n) is 20.8. The van der Waals surface area contributed by atoms with Crippen LogP contribution >= 0.6 is 0 Å². The van der Waals surface area contributed by atoms with Crippen molar-refractivity contribution in [3.8, 4) is 11.3 Å². The van der Waals surface area contributed by atoms with Crippen molar-refractivity contribution >= 4 is 28.5 Å². The van der Waals surface area contributed by atoms with E-state index in [1.165, 1.54) is 5.56 Å². The number of nitrogens with one attached hydrogen (secondary N) is 1. The number of carbonyl (C=O) groups excluding carboxylic acids is 2. The number of nitrogens with zero attached hydrogens (tertiary/aromatic N) is 2. The minimum Gasteiger partial charge on any atom is -0.452 e. The molecular weight excluding hydrogens is 466 g/mol. The summed E-state index contributed by atoms with van der Waals surface area (Å²) in [6.45, 7) is 5.68. The van der Waals surface area contributed by atoms with Crippen LogP contribution in [-0.4, -0.2) is 54.7 Å². The van der Waals surface area contributed by atoms with E-state index in [1.54, 1.807) is 0 Å². The molecule has 1 amide bonds. The predicted molar refractivity (Wildman–Crippen MR) is 143 cm³/mol.